The van der Waals surface area contributed by atoms with E-state index in [1.807, 2.05) is 0 Å². The van der Waals surface area contributed by atoms with Crippen LogP contribution in [0.4, 0.5) is 13.2 Å². The second kappa shape index (κ2) is 9.17. The molecule has 1 fully saturated rings. The number of guanidine groups is 1. The summed E-state index contributed by atoms with van der Waals surface area (Å²) < 4.78 is 37.3. The molecule has 1 aromatic rings. The van der Waals surface area contributed by atoms with E-state index < -0.39 is 12.7 Å². The van der Waals surface area contributed by atoms with Crippen LogP contribution in [0.25, 0.3) is 0 Å². The second-order valence-electron chi connectivity index (χ2n) is 6.00. The van der Waals surface area contributed by atoms with Crippen molar-refractivity contribution in [2.75, 3.05) is 39.8 Å². The Morgan fingerprint density at radius 1 is 1.42 bits per heavy atom. The van der Waals surface area contributed by atoms with Gasteiger partial charge >= 0.3 is 6.18 Å². The Kier molecular flexibility index (Phi) is 7.21. The van der Waals surface area contributed by atoms with Crippen LogP contribution in [0.5, 0.6) is 0 Å². The van der Waals surface area contributed by atoms with E-state index in [9.17, 15) is 18.0 Å². The number of nitrogens with one attached hydrogen (secondary N) is 3. The van der Waals surface area contributed by atoms with E-state index >= 15 is 0 Å². The van der Waals surface area contributed by atoms with Gasteiger partial charge in [-0.05, 0) is 13.3 Å². The molecule has 1 atom stereocenters. The van der Waals surface area contributed by atoms with Gasteiger partial charge in [0.05, 0.1) is 17.7 Å². The first-order valence-corrected chi connectivity index (χ1v) is 9.11. The number of aryl methyl sites for hydroxylation is 1. The maximum absolute atomic E-state index is 12.4. The molecule has 1 amide bonds. The second-order valence-corrected chi connectivity index (χ2v) is 6.86. The summed E-state index contributed by atoms with van der Waals surface area (Å²) in [5, 5.41) is 8.95. The molecule has 0 radical (unpaired) electrons. The van der Waals surface area contributed by atoms with E-state index in [0.717, 1.165) is 0 Å². The Balaban J connectivity index is 1.67. The molecule has 2 rings (SSSR count). The highest BCUT2D eigenvalue weighted by Gasteiger charge is 2.34. The number of carbonyl (C=O) groups excluding carboxylic acids is 1. The van der Waals surface area contributed by atoms with Crippen molar-refractivity contribution in [2.24, 2.45) is 4.99 Å². The molecule has 11 heteroatoms. The number of aromatic nitrogens is 1. The Morgan fingerprint density at radius 3 is 2.77 bits per heavy atom. The highest BCUT2D eigenvalue weighted by atomic mass is 32.1. The van der Waals surface area contributed by atoms with Crippen molar-refractivity contribution >= 4 is 23.2 Å². The van der Waals surface area contributed by atoms with Gasteiger partial charge in [-0.1, -0.05) is 0 Å². The van der Waals surface area contributed by atoms with Gasteiger partial charge in [0.2, 0.25) is 0 Å². The summed E-state index contributed by atoms with van der Waals surface area (Å²) in [6.45, 7) is 2.45. The lowest BCUT2D eigenvalue weighted by molar-refractivity contribution is -0.143. The third-order valence-corrected chi connectivity index (χ3v) is 4.82. The Morgan fingerprint density at radius 2 is 2.15 bits per heavy atom. The van der Waals surface area contributed by atoms with Crippen LogP contribution in [0.1, 0.15) is 21.8 Å². The van der Waals surface area contributed by atoms with Crippen LogP contribution >= 0.6 is 11.3 Å². The molecule has 0 spiro atoms. The minimum Gasteiger partial charge on any atom is -0.355 e. The highest BCUT2D eigenvalue weighted by Crippen LogP contribution is 2.19. The van der Waals surface area contributed by atoms with E-state index in [1.165, 1.54) is 16.2 Å². The minimum absolute atomic E-state index is 0.0852. The number of amides is 1. The van der Waals surface area contributed by atoms with Gasteiger partial charge in [-0.25, -0.2) is 4.98 Å². The fourth-order valence-electron chi connectivity index (χ4n) is 2.69. The Bertz CT molecular complexity index is 633. The van der Waals surface area contributed by atoms with E-state index in [4.69, 9.17) is 0 Å². The number of aliphatic imine (C=N–C) groups is 1. The third kappa shape index (κ3) is 6.45. The normalized spacial score (nSPS) is 18.8. The molecule has 1 saturated heterocycles. The number of thiazole rings is 1. The molecule has 0 saturated carbocycles. The monoisotopic (exact) mass is 392 g/mol. The predicted molar refractivity (Wildman–Crippen MR) is 94.6 cm³/mol. The summed E-state index contributed by atoms with van der Waals surface area (Å²) in [5.41, 5.74) is 2.32. The molecule has 1 unspecified atom stereocenters. The molecule has 7 nitrogen and oxygen atoms in total. The van der Waals surface area contributed by atoms with Gasteiger partial charge in [0.25, 0.3) is 5.91 Å². The zero-order chi connectivity index (χ0) is 19.2. The summed E-state index contributed by atoms with van der Waals surface area (Å²) in [6.07, 6.45) is -3.55. The smallest absolute Gasteiger partial charge is 0.355 e. The molecule has 3 N–H and O–H groups in total. The molecule has 1 aromatic heterocycles. The molecule has 146 valence electrons. The SMILES string of the molecule is CN=C(NCCNC(=O)c1scnc1C)NC1CCN(CC(F)(F)F)C1. The van der Waals surface area contributed by atoms with Gasteiger partial charge in [-0.3, -0.25) is 14.7 Å². The van der Waals surface area contributed by atoms with Crippen LogP contribution in [0.3, 0.4) is 0 Å². The van der Waals surface area contributed by atoms with Crippen molar-refractivity contribution in [1.82, 2.24) is 25.8 Å². The molecular formula is C15H23F3N6OS. The van der Waals surface area contributed by atoms with Crippen molar-refractivity contribution in [3.05, 3.63) is 16.1 Å². The predicted octanol–water partition coefficient (Wildman–Crippen LogP) is 0.983. The van der Waals surface area contributed by atoms with Crippen molar-refractivity contribution in [1.29, 1.82) is 0 Å². The first-order valence-electron chi connectivity index (χ1n) is 8.23. The zero-order valence-electron chi connectivity index (χ0n) is 14.7. The number of rotatable bonds is 6. The number of hydrogen-bond donors (Lipinski definition) is 3. The minimum atomic E-state index is -4.18. The van der Waals surface area contributed by atoms with Crippen LogP contribution in [-0.2, 0) is 0 Å². The zero-order valence-corrected chi connectivity index (χ0v) is 15.5. The first kappa shape index (κ1) is 20.4. The van der Waals surface area contributed by atoms with Crippen molar-refractivity contribution in [2.45, 2.75) is 25.6 Å². The largest absolute Gasteiger partial charge is 0.401 e. The van der Waals surface area contributed by atoms with Gasteiger partial charge in [0, 0.05) is 39.3 Å². The molecule has 2 heterocycles. The summed E-state index contributed by atoms with van der Waals surface area (Å²) in [6, 6.07) is -0.0852. The molecule has 26 heavy (non-hydrogen) atoms. The number of carbonyl (C=O) groups is 1. The number of nitrogens with zero attached hydrogens (tertiary/aromatic N) is 3. The Hall–Kier alpha value is -1.88. The maximum Gasteiger partial charge on any atom is 0.401 e. The van der Waals surface area contributed by atoms with Gasteiger partial charge in [0.1, 0.15) is 4.88 Å². The fourth-order valence-corrected chi connectivity index (χ4v) is 3.41. The quantitative estimate of drug-likeness (QED) is 0.382. The number of alkyl halides is 3. The van der Waals surface area contributed by atoms with Crippen LogP contribution < -0.4 is 16.0 Å². The van der Waals surface area contributed by atoms with Crippen LogP contribution in [0.15, 0.2) is 10.5 Å². The number of likely N-dealkylation sites (tertiary alicyclic amines) is 1. The van der Waals surface area contributed by atoms with Crippen molar-refractivity contribution in [3.8, 4) is 0 Å². The summed E-state index contributed by atoms with van der Waals surface area (Å²) >= 11 is 1.29. The summed E-state index contributed by atoms with van der Waals surface area (Å²) in [7, 11) is 1.59. The van der Waals surface area contributed by atoms with Gasteiger partial charge in [-0.2, -0.15) is 13.2 Å². The fraction of sp³-hybridized carbons (Fsp3) is 0.667. The van der Waals surface area contributed by atoms with E-state index in [-0.39, 0.29) is 11.9 Å². The van der Waals surface area contributed by atoms with Gasteiger partial charge < -0.3 is 16.0 Å². The highest BCUT2D eigenvalue weighted by molar-refractivity contribution is 7.11. The molecule has 0 aliphatic carbocycles. The average molecular weight is 392 g/mol. The third-order valence-electron chi connectivity index (χ3n) is 3.89. The molecule has 0 aromatic carbocycles. The van der Waals surface area contributed by atoms with E-state index in [0.29, 0.717) is 49.1 Å². The lowest BCUT2D eigenvalue weighted by Crippen LogP contribution is -2.47. The summed E-state index contributed by atoms with van der Waals surface area (Å²) in [4.78, 5) is 22.0. The van der Waals surface area contributed by atoms with Crippen molar-refractivity contribution < 1.29 is 18.0 Å². The van der Waals surface area contributed by atoms with Gasteiger partial charge in [0.15, 0.2) is 5.96 Å². The van der Waals surface area contributed by atoms with Gasteiger partial charge in [-0.15, -0.1) is 11.3 Å². The topological polar surface area (TPSA) is 81.6 Å². The van der Waals surface area contributed by atoms with E-state index in [2.05, 4.69) is 25.9 Å². The molecular weight excluding hydrogens is 369 g/mol. The van der Waals surface area contributed by atoms with E-state index in [1.54, 1.807) is 19.5 Å². The molecule has 0 bridgehead atoms. The van der Waals surface area contributed by atoms with Crippen molar-refractivity contribution in [3.63, 3.8) is 0 Å². The standard InChI is InChI=1S/C15H23F3N6OS/c1-10-12(26-9-22-10)13(25)20-4-5-21-14(19-2)23-11-3-6-24(7-11)8-15(16,17)18/h9,11H,3-8H2,1-2H3,(H,20,25)(H2,19,21,23). The molecule has 1 aliphatic heterocycles. The lowest BCUT2D eigenvalue weighted by Gasteiger charge is -2.19. The van der Waals surface area contributed by atoms with Crippen LogP contribution in [0, 0.1) is 6.92 Å². The maximum atomic E-state index is 12.4. The summed E-state index contributed by atoms with van der Waals surface area (Å²) in [5.74, 6) is 0.334. The molecule has 1 aliphatic rings. The number of hydrogen-bond acceptors (Lipinski definition) is 5. The number of halogens is 3. The van der Waals surface area contributed by atoms with Crippen LogP contribution in [-0.4, -0.2) is 73.7 Å². The Labute approximate surface area is 154 Å². The lowest BCUT2D eigenvalue weighted by atomic mass is 10.3. The first-order chi connectivity index (χ1) is 12.3. The van der Waals surface area contributed by atoms with Crippen LogP contribution in [0.2, 0.25) is 0 Å². The average Bonchev–Trinajstić information content (AvgIpc) is 3.17.